The van der Waals surface area contributed by atoms with Gasteiger partial charge in [-0.15, -0.1) is 0 Å². The van der Waals surface area contributed by atoms with Gasteiger partial charge in [0.05, 0.1) is 30.5 Å². The highest BCUT2D eigenvalue weighted by Crippen LogP contribution is 2.25. The van der Waals surface area contributed by atoms with E-state index in [1.54, 1.807) is 30.3 Å². The Bertz CT molecular complexity index is 1320. The number of carbonyl (C=O) groups excluding carboxylic acids is 2. The van der Waals surface area contributed by atoms with Crippen LogP contribution in [-0.4, -0.2) is 33.6 Å². The quantitative estimate of drug-likeness (QED) is 0.224. The maximum Gasteiger partial charge on any atom is 0.329 e. The van der Waals surface area contributed by atoms with Crippen LogP contribution in [0, 0.1) is 6.92 Å². The SMILES string of the molecule is COc1ccc(C)cc1NC(=O)C(=O)N/N=C/c1ccc(CNS(=O)(=O)c2ccc(Br)cc2)o1. The number of rotatable bonds is 8. The van der Waals surface area contributed by atoms with Crippen LogP contribution in [0.1, 0.15) is 17.1 Å². The lowest BCUT2D eigenvalue weighted by Crippen LogP contribution is -2.32. The summed E-state index contributed by atoms with van der Waals surface area (Å²) in [5.74, 6) is -0.928. The number of hydrogen-bond acceptors (Lipinski definition) is 7. The van der Waals surface area contributed by atoms with E-state index in [0.29, 0.717) is 17.2 Å². The monoisotopic (exact) mass is 548 g/mol. The van der Waals surface area contributed by atoms with Crippen LogP contribution < -0.4 is 20.2 Å². The van der Waals surface area contributed by atoms with Crippen molar-refractivity contribution in [2.75, 3.05) is 12.4 Å². The number of amides is 2. The molecular formula is C22H21BrN4O6S. The van der Waals surface area contributed by atoms with E-state index in [4.69, 9.17) is 9.15 Å². The van der Waals surface area contributed by atoms with E-state index in [1.807, 2.05) is 13.0 Å². The number of benzene rings is 2. The van der Waals surface area contributed by atoms with E-state index in [1.165, 1.54) is 31.5 Å². The smallest absolute Gasteiger partial charge is 0.329 e. The van der Waals surface area contributed by atoms with Gasteiger partial charge in [0.25, 0.3) is 0 Å². The largest absolute Gasteiger partial charge is 0.495 e. The zero-order chi connectivity index (χ0) is 24.7. The van der Waals surface area contributed by atoms with E-state index in [-0.39, 0.29) is 17.2 Å². The van der Waals surface area contributed by atoms with Gasteiger partial charge in [-0.3, -0.25) is 9.59 Å². The van der Waals surface area contributed by atoms with Crippen molar-refractivity contribution >= 4 is 49.7 Å². The molecule has 0 saturated heterocycles. The molecule has 2 amide bonds. The highest BCUT2D eigenvalue weighted by molar-refractivity contribution is 9.10. The average Bonchev–Trinajstić information content (AvgIpc) is 3.26. The molecule has 3 aromatic rings. The van der Waals surface area contributed by atoms with Gasteiger partial charge in [-0.25, -0.2) is 18.6 Å². The molecule has 0 atom stereocenters. The Balaban J connectivity index is 1.52. The number of furan rings is 1. The first-order valence-corrected chi connectivity index (χ1v) is 12.1. The number of hydrogen-bond donors (Lipinski definition) is 3. The van der Waals surface area contributed by atoms with Crippen molar-refractivity contribution in [2.45, 2.75) is 18.4 Å². The maximum atomic E-state index is 12.3. The van der Waals surface area contributed by atoms with Crippen LogP contribution in [0.5, 0.6) is 5.75 Å². The highest BCUT2D eigenvalue weighted by atomic mass is 79.9. The number of sulfonamides is 1. The fourth-order valence-electron chi connectivity index (χ4n) is 2.73. The van der Waals surface area contributed by atoms with Crippen LogP contribution in [0.4, 0.5) is 5.69 Å². The van der Waals surface area contributed by atoms with Gasteiger partial charge in [0.15, 0.2) is 0 Å². The van der Waals surface area contributed by atoms with Gasteiger partial charge in [-0.05, 0) is 61.0 Å². The molecule has 0 spiro atoms. The number of halogens is 1. The van der Waals surface area contributed by atoms with Gasteiger partial charge < -0.3 is 14.5 Å². The molecule has 1 heterocycles. The van der Waals surface area contributed by atoms with Crippen molar-refractivity contribution < 1.29 is 27.2 Å². The van der Waals surface area contributed by atoms with Crippen LogP contribution in [-0.2, 0) is 26.2 Å². The Labute approximate surface area is 204 Å². The molecule has 1 aromatic heterocycles. The summed E-state index contributed by atoms with van der Waals surface area (Å²) in [6.45, 7) is 1.75. The van der Waals surface area contributed by atoms with Crippen molar-refractivity contribution in [2.24, 2.45) is 5.10 Å². The van der Waals surface area contributed by atoms with Gasteiger partial charge >= 0.3 is 11.8 Å². The molecule has 2 aromatic carbocycles. The van der Waals surface area contributed by atoms with E-state index < -0.39 is 21.8 Å². The van der Waals surface area contributed by atoms with Crippen LogP contribution in [0.2, 0.25) is 0 Å². The number of ether oxygens (including phenoxy) is 1. The predicted octanol–water partition coefficient (Wildman–Crippen LogP) is 2.93. The summed E-state index contributed by atoms with van der Waals surface area (Å²) in [7, 11) is -2.26. The first-order chi connectivity index (χ1) is 16.2. The number of nitrogens with zero attached hydrogens (tertiary/aromatic N) is 1. The molecule has 3 N–H and O–H groups in total. The average molecular weight is 549 g/mol. The molecule has 178 valence electrons. The molecule has 12 heteroatoms. The normalized spacial score (nSPS) is 11.4. The zero-order valence-electron chi connectivity index (χ0n) is 18.2. The number of methoxy groups -OCH3 is 1. The Hall–Kier alpha value is -3.48. The third-order valence-electron chi connectivity index (χ3n) is 4.41. The molecule has 0 aliphatic rings. The van der Waals surface area contributed by atoms with Gasteiger partial charge in [0, 0.05) is 4.47 Å². The van der Waals surface area contributed by atoms with Gasteiger partial charge in [-0.2, -0.15) is 5.10 Å². The summed E-state index contributed by atoms with van der Waals surface area (Å²) in [4.78, 5) is 24.2. The number of anilines is 1. The van der Waals surface area contributed by atoms with Crippen molar-refractivity contribution in [1.29, 1.82) is 0 Å². The molecule has 0 fully saturated rings. The van der Waals surface area contributed by atoms with E-state index in [9.17, 15) is 18.0 Å². The molecule has 3 rings (SSSR count). The number of carbonyl (C=O) groups is 2. The fraction of sp³-hybridized carbons (Fsp3) is 0.136. The Morgan fingerprint density at radius 1 is 1.09 bits per heavy atom. The highest BCUT2D eigenvalue weighted by Gasteiger charge is 2.16. The van der Waals surface area contributed by atoms with Crippen molar-refractivity contribution in [3.05, 3.63) is 76.2 Å². The molecule has 10 nitrogen and oxygen atoms in total. The standard InChI is InChI=1S/C22H21BrN4O6S/c1-14-3-10-20(32-2)19(11-14)26-21(28)22(29)27-24-12-16-6-7-17(33-16)13-25-34(30,31)18-8-4-15(23)5-9-18/h3-12,25H,13H2,1-2H3,(H,26,28)(H,27,29)/b24-12+. The Morgan fingerprint density at radius 3 is 2.53 bits per heavy atom. The lowest BCUT2D eigenvalue weighted by atomic mass is 10.2. The number of nitrogens with one attached hydrogen (secondary N) is 3. The minimum absolute atomic E-state index is 0.0840. The lowest BCUT2D eigenvalue weighted by molar-refractivity contribution is -0.136. The molecule has 0 saturated carbocycles. The number of hydrazone groups is 1. The molecular weight excluding hydrogens is 528 g/mol. The summed E-state index contributed by atoms with van der Waals surface area (Å²) in [5, 5.41) is 6.15. The van der Waals surface area contributed by atoms with E-state index >= 15 is 0 Å². The minimum atomic E-state index is -3.71. The second-order valence-corrected chi connectivity index (χ2v) is 9.62. The summed E-state index contributed by atoms with van der Waals surface area (Å²) >= 11 is 3.26. The third kappa shape index (κ3) is 6.76. The molecule has 0 aliphatic heterocycles. The maximum absolute atomic E-state index is 12.3. The third-order valence-corrected chi connectivity index (χ3v) is 6.36. The summed E-state index contributed by atoms with van der Waals surface area (Å²) in [6, 6.07) is 14.4. The first kappa shape index (κ1) is 25.1. The summed E-state index contributed by atoms with van der Waals surface area (Å²) < 4.78 is 38.5. The Kier molecular flexibility index (Phi) is 8.21. The van der Waals surface area contributed by atoms with Crippen molar-refractivity contribution in [1.82, 2.24) is 10.1 Å². The summed E-state index contributed by atoms with van der Waals surface area (Å²) in [6.07, 6.45) is 1.19. The van der Waals surface area contributed by atoms with E-state index in [2.05, 4.69) is 36.5 Å². The number of aryl methyl sites for hydroxylation is 1. The molecule has 0 aliphatic carbocycles. The minimum Gasteiger partial charge on any atom is -0.495 e. The van der Waals surface area contributed by atoms with Gasteiger partial charge in [0.1, 0.15) is 17.3 Å². The summed E-state index contributed by atoms with van der Waals surface area (Å²) in [5.41, 5.74) is 3.33. The second-order valence-electron chi connectivity index (χ2n) is 6.94. The van der Waals surface area contributed by atoms with Crippen LogP contribution in [0.3, 0.4) is 0 Å². The Morgan fingerprint density at radius 2 is 1.82 bits per heavy atom. The molecule has 0 radical (unpaired) electrons. The van der Waals surface area contributed by atoms with Gasteiger partial charge in [0.2, 0.25) is 10.0 Å². The van der Waals surface area contributed by atoms with Gasteiger partial charge in [-0.1, -0.05) is 22.0 Å². The van der Waals surface area contributed by atoms with Crippen LogP contribution in [0.15, 0.2) is 73.5 Å². The van der Waals surface area contributed by atoms with Crippen LogP contribution >= 0.6 is 15.9 Å². The topological polar surface area (TPSA) is 139 Å². The fourth-order valence-corrected chi connectivity index (χ4v) is 3.98. The van der Waals surface area contributed by atoms with E-state index in [0.717, 1.165) is 10.0 Å². The predicted molar refractivity (Wildman–Crippen MR) is 129 cm³/mol. The van der Waals surface area contributed by atoms with Crippen LogP contribution in [0.25, 0.3) is 0 Å². The van der Waals surface area contributed by atoms with Crippen molar-refractivity contribution in [3.8, 4) is 5.75 Å². The van der Waals surface area contributed by atoms with Crippen molar-refractivity contribution in [3.63, 3.8) is 0 Å². The molecule has 0 bridgehead atoms. The zero-order valence-corrected chi connectivity index (χ0v) is 20.6. The molecule has 0 unspecified atom stereocenters. The molecule has 34 heavy (non-hydrogen) atoms. The first-order valence-electron chi connectivity index (χ1n) is 9.81. The lowest BCUT2D eigenvalue weighted by Gasteiger charge is -2.10. The second kappa shape index (κ2) is 11.1.